The zero-order valence-electron chi connectivity index (χ0n) is 20.8. The number of amides is 1. The van der Waals surface area contributed by atoms with E-state index in [9.17, 15) is 24.6 Å². The van der Waals surface area contributed by atoms with Gasteiger partial charge in [-0.1, -0.05) is 48.5 Å². The summed E-state index contributed by atoms with van der Waals surface area (Å²) in [6.45, 7) is 0.991. The zero-order valence-corrected chi connectivity index (χ0v) is 20.8. The van der Waals surface area contributed by atoms with Crippen LogP contribution in [-0.4, -0.2) is 70.9 Å². The molecule has 2 aromatic carbocycles. The molecule has 0 bridgehead atoms. The summed E-state index contributed by atoms with van der Waals surface area (Å²) in [4.78, 5) is 47.6. The minimum Gasteiger partial charge on any atom is -0.481 e. The molecule has 3 aromatic rings. The number of carboxylic acid groups (broad SMARTS) is 2. The summed E-state index contributed by atoms with van der Waals surface area (Å²) in [6, 6.07) is 14.9. The van der Waals surface area contributed by atoms with Gasteiger partial charge in [-0.15, -0.1) is 0 Å². The average Bonchev–Trinajstić information content (AvgIpc) is 3.05. The predicted molar refractivity (Wildman–Crippen MR) is 133 cm³/mol. The molecule has 0 fully saturated rings. The van der Waals surface area contributed by atoms with Gasteiger partial charge in [-0.25, -0.2) is 9.59 Å². The van der Waals surface area contributed by atoms with Crippen LogP contribution >= 0.6 is 0 Å². The predicted octanol–water partition coefficient (Wildman–Crippen LogP) is 1.68. The molecule has 1 aliphatic rings. The number of ether oxygens (including phenoxy) is 3. The summed E-state index contributed by atoms with van der Waals surface area (Å²) >= 11 is 0. The molecule has 1 aliphatic heterocycles. The third kappa shape index (κ3) is 4.68. The van der Waals surface area contributed by atoms with Crippen molar-refractivity contribution in [3.8, 4) is 17.8 Å². The third-order valence-corrected chi connectivity index (χ3v) is 6.27. The SMILES string of the molecule is COc1cc(OC)nc(OC(C(=O)O)C2(c3ccccc3)NCC(=O)N([C@H](C)C(=O)O)c3ccccc32)n1. The summed E-state index contributed by atoms with van der Waals surface area (Å²) in [5, 5.41) is 23.4. The van der Waals surface area contributed by atoms with Crippen LogP contribution in [0.2, 0.25) is 0 Å². The number of hydrogen-bond acceptors (Lipinski definition) is 9. The van der Waals surface area contributed by atoms with Crippen molar-refractivity contribution in [3.63, 3.8) is 0 Å². The van der Waals surface area contributed by atoms with Crippen LogP contribution in [0.15, 0.2) is 60.7 Å². The summed E-state index contributed by atoms with van der Waals surface area (Å²) < 4.78 is 16.3. The van der Waals surface area contributed by atoms with Gasteiger partial charge in [0.25, 0.3) is 0 Å². The number of hydrogen-bond donors (Lipinski definition) is 3. The van der Waals surface area contributed by atoms with E-state index in [4.69, 9.17) is 14.2 Å². The number of fused-ring (bicyclic) bond motifs is 1. The van der Waals surface area contributed by atoms with Crippen molar-refractivity contribution in [1.82, 2.24) is 15.3 Å². The number of nitrogens with zero attached hydrogens (tertiary/aromatic N) is 3. The maximum atomic E-state index is 13.3. The van der Waals surface area contributed by atoms with Gasteiger partial charge in [0.1, 0.15) is 11.6 Å². The van der Waals surface area contributed by atoms with Crippen LogP contribution in [0, 0.1) is 0 Å². The number of nitrogens with one attached hydrogen (secondary N) is 1. The monoisotopic (exact) mass is 522 g/mol. The molecule has 12 heteroatoms. The minimum atomic E-state index is -1.74. The fourth-order valence-corrected chi connectivity index (χ4v) is 4.50. The standard InChI is InChI=1S/C26H26N4O8/c1-15(23(32)33)30-18-12-8-7-11-17(18)26(27-14-21(30)31,16-9-5-4-6-10-16)22(24(34)35)38-25-28-19(36-2)13-20(29-25)37-3/h4-13,15,22,27H,14H2,1-3H3,(H,32,33)(H,34,35)/t15-,22?,26?/m1/s1. The van der Waals surface area contributed by atoms with E-state index in [2.05, 4.69) is 15.3 Å². The second-order valence-corrected chi connectivity index (χ2v) is 8.39. The second kappa shape index (κ2) is 10.7. The first-order valence-corrected chi connectivity index (χ1v) is 11.5. The number of methoxy groups -OCH3 is 2. The Balaban J connectivity index is 2.00. The van der Waals surface area contributed by atoms with Crippen molar-refractivity contribution in [2.75, 3.05) is 25.7 Å². The lowest BCUT2D eigenvalue weighted by atomic mass is 9.77. The fraction of sp³-hybridized carbons (Fsp3) is 0.269. The lowest BCUT2D eigenvalue weighted by Gasteiger charge is -2.39. The van der Waals surface area contributed by atoms with Gasteiger partial charge in [-0.2, -0.15) is 9.97 Å². The van der Waals surface area contributed by atoms with E-state index in [1.54, 1.807) is 54.6 Å². The molecule has 3 atom stereocenters. The summed E-state index contributed by atoms with van der Waals surface area (Å²) in [5.41, 5.74) is -0.702. The number of carbonyl (C=O) groups is 3. The Labute approximate surface area is 217 Å². The number of rotatable bonds is 9. The van der Waals surface area contributed by atoms with Crippen LogP contribution in [0.5, 0.6) is 17.8 Å². The van der Waals surface area contributed by atoms with Crippen molar-refractivity contribution in [3.05, 3.63) is 71.8 Å². The number of carboxylic acids is 2. The number of carbonyl (C=O) groups excluding carboxylic acids is 1. The van der Waals surface area contributed by atoms with Gasteiger partial charge in [0.05, 0.1) is 32.5 Å². The lowest BCUT2D eigenvalue weighted by Crippen LogP contribution is -2.58. The van der Waals surface area contributed by atoms with Crippen LogP contribution in [0.1, 0.15) is 18.1 Å². The van der Waals surface area contributed by atoms with E-state index in [1.807, 2.05) is 0 Å². The van der Waals surface area contributed by atoms with Crippen molar-refractivity contribution in [1.29, 1.82) is 0 Å². The molecule has 38 heavy (non-hydrogen) atoms. The third-order valence-electron chi connectivity index (χ3n) is 6.27. The molecule has 198 valence electrons. The van der Waals surface area contributed by atoms with Crippen molar-refractivity contribution >= 4 is 23.5 Å². The molecule has 1 aromatic heterocycles. The maximum absolute atomic E-state index is 13.3. The maximum Gasteiger partial charge on any atom is 0.347 e. The Kier molecular flexibility index (Phi) is 7.44. The largest absolute Gasteiger partial charge is 0.481 e. The van der Waals surface area contributed by atoms with Crippen LogP contribution < -0.4 is 24.4 Å². The highest BCUT2D eigenvalue weighted by atomic mass is 16.5. The molecule has 0 aliphatic carbocycles. The van der Waals surface area contributed by atoms with Crippen molar-refractivity contribution < 1.29 is 38.8 Å². The average molecular weight is 523 g/mol. The molecule has 3 N–H and O–H groups in total. The van der Waals surface area contributed by atoms with E-state index in [1.165, 1.54) is 27.2 Å². The minimum absolute atomic E-state index is 0.0793. The summed E-state index contributed by atoms with van der Waals surface area (Å²) in [5.74, 6) is -3.02. The Morgan fingerprint density at radius 2 is 1.58 bits per heavy atom. The number of aliphatic carboxylic acids is 2. The van der Waals surface area contributed by atoms with Crippen molar-refractivity contribution in [2.24, 2.45) is 0 Å². The molecule has 0 spiro atoms. The lowest BCUT2D eigenvalue weighted by molar-refractivity contribution is -0.149. The van der Waals surface area contributed by atoms with Gasteiger partial charge >= 0.3 is 17.9 Å². The zero-order chi connectivity index (χ0) is 27.4. The highest BCUT2D eigenvalue weighted by molar-refractivity contribution is 6.02. The number of anilines is 1. The first-order valence-electron chi connectivity index (χ1n) is 11.5. The van der Waals surface area contributed by atoms with Crippen molar-refractivity contribution in [2.45, 2.75) is 24.6 Å². The molecule has 0 radical (unpaired) electrons. The van der Waals surface area contributed by atoms with Gasteiger partial charge in [-0.3, -0.25) is 15.0 Å². The normalized spacial score (nSPS) is 18.5. The van der Waals surface area contributed by atoms with Gasteiger partial charge in [0, 0.05) is 5.56 Å². The van der Waals surface area contributed by atoms with Crippen LogP contribution in [-0.2, 0) is 19.9 Å². The molecule has 0 saturated carbocycles. The quantitative estimate of drug-likeness (QED) is 0.375. The molecule has 0 saturated heterocycles. The van der Waals surface area contributed by atoms with E-state index >= 15 is 0 Å². The first-order chi connectivity index (χ1) is 18.2. The highest BCUT2D eigenvalue weighted by Gasteiger charge is 2.52. The molecule has 2 unspecified atom stereocenters. The Morgan fingerprint density at radius 3 is 2.16 bits per heavy atom. The molecule has 12 nitrogen and oxygen atoms in total. The fourth-order valence-electron chi connectivity index (χ4n) is 4.50. The second-order valence-electron chi connectivity index (χ2n) is 8.39. The van der Waals surface area contributed by atoms with Gasteiger partial charge in [0.2, 0.25) is 23.8 Å². The Bertz CT molecular complexity index is 1330. The van der Waals surface area contributed by atoms with E-state index in [0.717, 1.165) is 4.90 Å². The number of para-hydroxylation sites is 1. The molecule has 2 heterocycles. The van der Waals surface area contributed by atoms with E-state index in [0.29, 0.717) is 11.1 Å². The van der Waals surface area contributed by atoms with Crippen LogP contribution in [0.3, 0.4) is 0 Å². The van der Waals surface area contributed by atoms with Crippen LogP contribution in [0.25, 0.3) is 0 Å². The van der Waals surface area contributed by atoms with E-state index in [-0.39, 0.29) is 23.5 Å². The number of aromatic nitrogens is 2. The molecule has 1 amide bonds. The molecule has 4 rings (SSSR count). The Hall–Kier alpha value is -4.71. The summed E-state index contributed by atoms with van der Waals surface area (Å²) in [6.07, 6.45) is -1.74. The van der Waals surface area contributed by atoms with E-state index < -0.39 is 42.1 Å². The first kappa shape index (κ1) is 26.4. The summed E-state index contributed by atoms with van der Waals surface area (Å²) in [7, 11) is 2.75. The van der Waals surface area contributed by atoms with Gasteiger partial charge in [-0.05, 0) is 18.6 Å². The van der Waals surface area contributed by atoms with Gasteiger partial charge in [0.15, 0.2) is 0 Å². The number of benzene rings is 2. The van der Waals surface area contributed by atoms with Crippen LogP contribution in [0.4, 0.5) is 5.69 Å². The Morgan fingerprint density at radius 1 is 0.974 bits per heavy atom. The molecular formula is C26H26N4O8. The highest BCUT2D eigenvalue weighted by Crippen LogP contribution is 2.42. The topological polar surface area (TPSA) is 160 Å². The smallest absolute Gasteiger partial charge is 0.347 e. The molecular weight excluding hydrogens is 496 g/mol. The van der Waals surface area contributed by atoms with Gasteiger partial charge < -0.3 is 24.4 Å².